The summed E-state index contributed by atoms with van der Waals surface area (Å²) in [6.07, 6.45) is 1.82. The van der Waals surface area contributed by atoms with Crippen molar-refractivity contribution in [1.82, 2.24) is 15.3 Å². The molecule has 3 rings (SSSR count). The molecule has 2 heterocycles. The molecule has 1 aliphatic heterocycles. The molecular formula is C13H12ClN3. The van der Waals surface area contributed by atoms with E-state index in [1.165, 1.54) is 0 Å². The Hall–Kier alpha value is -1.45. The second-order valence-corrected chi connectivity index (χ2v) is 4.60. The van der Waals surface area contributed by atoms with Gasteiger partial charge in [0.05, 0.1) is 5.69 Å². The van der Waals surface area contributed by atoms with Gasteiger partial charge in [0, 0.05) is 35.8 Å². The molecule has 1 saturated heterocycles. The molecular weight excluding hydrogens is 234 g/mol. The summed E-state index contributed by atoms with van der Waals surface area (Å²) in [6, 6.07) is 9.65. The highest BCUT2D eigenvalue weighted by molar-refractivity contribution is 6.30. The number of nitrogens with zero attached hydrogens (tertiary/aromatic N) is 2. The van der Waals surface area contributed by atoms with Gasteiger partial charge in [0.2, 0.25) is 0 Å². The first-order chi connectivity index (χ1) is 8.33. The van der Waals surface area contributed by atoms with Crippen molar-refractivity contribution in [3.63, 3.8) is 0 Å². The Morgan fingerprint density at radius 2 is 2.12 bits per heavy atom. The summed E-state index contributed by atoms with van der Waals surface area (Å²) in [5.74, 6) is 1.37. The summed E-state index contributed by atoms with van der Waals surface area (Å²) in [4.78, 5) is 8.92. The van der Waals surface area contributed by atoms with E-state index in [0.717, 1.165) is 35.2 Å². The first-order valence-electron chi connectivity index (χ1n) is 5.62. The molecule has 0 radical (unpaired) electrons. The summed E-state index contributed by atoms with van der Waals surface area (Å²) in [5.41, 5.74) is 1.97. The topological polar surface area (TPSA) is 37.8 Å². The maximum atomic E-state index is 5.98. The van der Waals surface area contributed by atoms with Gasteiger partial charge >= 0.3 is 0 Å². The van der Waals surface area contributed by atoms with E-state index in [-0.39, 0.29) is 0 Å². The zero-order valence-corrected chi connectivity index (χ0v) is 9.98. The number of aromatic nitrogens is 2. The maximum absolute atomic E-state index is 5.98. The summed E-state index contributed by atoms with van der Waals surface area (Å²) < 4.78 is 0. The lowest BCUT2D eigenvalue weighted by atomic mass is 10.0. The number of halogens is 1. The van der Waals surface area contributed by atoms with Gasteiger partial charge in [0.1, 0.15) is 5.82 Å². The molecule has 1 aliphatic rings. The van der Waals surface area contributed by atoms with Crippen LogP contribution in [0.25, 0.3) is 11.3 Å². The van der Waals surface area contributed by atoms with E-state index < -0.39 is 0 Å². The Morgan fingerprint density at radius 1 is 1.24 bits per heavy atom. The van der Waals surface area contributed by atoms with Crippen LogP contribution in [0.1, 0.15) is 11.7 Å². The van der Waals surface area contributed by atoms with Crippen LogP contribution in [0.3, 0.4) is 0 Å². The fourth-order valence-electron chi connectivity index (χ4n) is 1.85. The van der Waals surface area contributed by atoms with Gasteiger partial charge in [-0.15, -0.1) is 0 Å². The number of hydrogen-bond acceptors (Lipinski definition) is 3. The fraction of sp³-hybridized carbons (Fsp3) is 0.231. The van der Waals surface area contributed by atoms with Gasteiger partial charge in [-0.2, -0.15) is 0 Å². The van der Waals surface area contributed by atoms with Crippen LogP contribution in [-0.2, 0) is 0 Å². The summed E-state index contributed by atoms with van der Waals surface area (Å²) in [6.45, 7) is 1.94. The van der Waals surface area contributed by atoms with E-state index >= 15 is 0 Å². The van der Waals surface area contributed by atoms with Gasteiger partial charge in [0.25, 0.3) is 0 Å². The van der Waals surface area contributed by atoms with Crippen molar-refractivity contribution in [3.8, 4) is 11.3 Å². The summed E-state index contributed by atoms with van der Waals surface area (Å²) in [7, 11) is 0. The lowest BCUT2D eigenvalue weighted by molar-refractivity contribution is 0.430. The normalized spacial score (nSPS) is 15.6. The smallest absolute Gasteiger partial charge is 0.134 e. The minimum Gasteiger partial charge on any atom is -0.315 e. The molecule has 0 bridgehead atoms. The molecule has 17 heavy (non-hydrogen) atoms. The van der Waals surface area contributed by atoms with Crippen molar-refractivity contribution in [3.05, 3.63) is 47.4 Å². The van der Waals surface area contributed by atoms with Crippen LogP contribution in [-0.4, -0.2) is 23.1 Å². The van der Waals surface area contributed by atoms with Crippen molar-refractivity contribution >= 4 is 11.6 Å². The van der Waals surface area contributed by atoms with Gasteiger partial charge in [-0.05, 0) is 18.2 Å². The average Bonchev–Trinajstić information content (AvgIpc) is 2.27. The summed E-state index contributed by atoms with van der Waals surface area (Å²) in [5, 5.41) is 3.96. The van der Waals surface area contributed by atoms with E-state index in [9.17, 15) is 0 Å². The zero-order valence-electron chi connectivity index (χ0n) is 9.23. The van der Waals surface area contributed by atoms with Crippen LogP contribution in [0.5, 0.6) is 0 Å². The maximum Gasteiger partial charge on any atom is 0.134 e. The van der Waals surface area contributed by atoms with E-state index in [1.54, 1.807) is 0 Å². The van der Waals surface area contributed by atoms with Crippen LogP contribution in [0.4, 0.5) is 0 Å². The zero-order chi connectivity index (χ0) is 11.7. The number of nitrogens with one attached hydrogen (secondary N) is 1. The number of benzene rings is 1. The van der Waals surface area contributed by atoms with Crippen LogP contribution >= 0.6 is 11.6 Å². The van der Waals surface area contributed by atoms with E-state index in [2.05, 4.69) is 15.3 Å². The third kappa shape index (κ3) is 2.16. The molecule has 0 unspecified atom stereocenters. The largest absolute Gasteiger partial charge is 0.315 e. The molecule has 0 saturated carbocycles. The molecule has 86 valence electrons. The predicted molar refractivity (Wildman–Crippen MR) is 68.1 cm³/mol. The van der Waals surface area contributed by atoms with Crippen molar-refractivity contribution < 1.29 is 0 Å². The molecule has 1 aromatic heterocycles. The SMILES string of the molecule is Clc1cccc(-c2ccnc(C3CNC3)n2)c1. The highest BCUT2D eigenvalue weighted by Gasteiger charge is 2.21. The van der Waals surface area contributed by atoms with Gasteiger partial charge in [0.15, 0.2) is 0 Å². The van der Waals surface area contributed by atoms with Crippen molar-refractivity contribution in [2.24, 2.45) is 0 Å². The standard InChI is InChI=1S/C13H12ClN3/c14-11-3-1-2-9(6-11)12-4-5-16-13(17-12)10-7-15-8-10/h1-6,10,15H,7-8H2. The van der Waals surface area contributed by atoms with Gasteiger partial charge in [-0.3, -0.25) is 0 Å². The van der Waals surface area contributed by atoms with Crippen molar-refractivity contribution in [2.75, 3.05) is 13.1 Å². The first-order valence-corrected chi connectivity index (χ1v) is 6.00. The molecule has 0 amide bonds. The quantitative estimate of drug-likeness (QED) is 0.883. The molecule has 1 aromatic carbocycles. The Labute approximate surface area is 105 Å². The molecule has 1 fully saturated rings. The second-order valence-electron chi connectivity index (χ2n) is 4.17. The lowest BCUT2D eigenvalue weighted by Gasteiger charge is -2.25. The van der Waals surface area contributed by atoms with Crippen molar-refractivity contribution in [2.45, 2.75) is 5.92 Å². The molecule has 0 aliphatic carbocycles. The highest BCUT2D eigenvalue weighted by Crippen LogP contribution is 2.23. The third-order valence-electron chi connectivity index (χ3n) is 2.94. The molecule has 4 heteroatoms. The molecule has 2 aromatic rings. The number of hydrogen-bond donors (Lipinski definition) is 1. The van der Waals surface area contributed by atoms with Gasteiger partial charge < -0.3 is 5.32 Å². The molecule has 1 N–H and O–H groups in total. The highest BCUT2D eigenvalue weighted by atomic mass is 35.5. The minimum atomic E-state index is 0.453. The Kier molecular flexibility index (Phi) is 2.79. The first kappa shape index (κ1) is 10.7. The van der Waals surface area contributed by atoms with Gasteiger partial charge in [-0.25, -0.2) is 9.97 Å². The van der Waals surface area contributed by atoms with Crippen LogP contribution < -0.4 is 5.32 Å². The molecule has 0 spiro atoms. The second kappa shape index (κ2) is 4.43. The van der Waals surface area contributed by atoms with Crippen molar-refractivity contribution in [1.29, 1.82) is 0 Å². The van der Waals surface area contributed by atoms with Crippen LogP contribution in [0.2, 0.25) is 5.02 Å². The monoisotopic (exact) mass is 245 g/mol. The lowest BCUT2D eigenvalue weighted by Crippen LogP contribution is -2.40. The molecule has 0 atom stereocenters. The Morgan fingerprint density at radius 3 is 2.82 bits per heavy atom. The van der Waals surface area contributed by atoms with Gasteiger partial charge in [-0.1, -0.05) is 23.7 Å². The minimum absolute atomic E-state index is 0.453. The van der Waals surface area contributed by atoms with E-state index in [1.807, 2.05) is 36.5 Å². The third-order valence-corrected chi connectivity index (χ3v) is 3.18. The number of rotatable bonds is 2. The Bertz CT molecular complexity index is 538. The predicted octanol–water partition coefficient (Wildman–Crippen LogP) is 2.48. The van der Waals surface area contributed by atoms with Crippen LogP contribution in [0.15, 0.2) is 36.5 Å². The van der Waals surface area contributed by atoms with E-state index in [0.29, 0.717) is 5.92 Å². The summed E-state index contributed by atoms with van der Waals surface area (Å²) >= 11 is 5.98. The fourth-order valence-corrected chi connectivity index (χ4v) is 2.04. The molecule has 3 nitrogen and oxygen atoms in total. The average molecular weight is 246 g/mol. The van der Waals surface area contributed by atoms with Crippen LogP contribution in [0, 0.1) is 0 Å². The Balaban J connectivity index is 1.97. The van der Waals surface area contributed by atoms with E-state index in [4.69, 9.17) is 11.6 Å².